The molecule has 152 valence electrons. The van der Waals surface area contributed by atoms with E-state index in [1.165, 1.54) is 14.5 Å². The molecule has 1 aliphatic rings. The van der Waals surface area contributed by atoms with Gasteiger partial charge in [-0.15, -0.1) is 0 Å². The molecular weight excluding hydrogens is 434 g/mol. The van der Waals surface area contributed by atoms with Crippen molar-refractivity contribution in [2.75, 3.05) is 0 Å². The Morgan fingerprint density at radius 1 is 0.633 bits per heavy atom. The second-order valence-corrected chi connectivity index (χ2v) is 10.8. The van der Waals surface area contributed by atoms with E-state index in [1.807, 2.05) is 0 Å². The number of benzene rings is 3. The molecule has 0 amide bonds. The third-order valence-electron chi connectivity index (χ3n) is 5.82. The van der Waals surface area contributed by atoms with Crippen LogP contribution < -0.4 is 4.46 Å². The van der Waals surface area contributed by atoms with Gasteiger partial charge in [0.1, 0.15) is 0 Å². The summed E-state index contributed by atoms with van der Waals surface area (Å²) in [6.07, 6.45) is 0. The van der Waals surface area contributed by atoms with E-state index in [1.54, 1.807) is 0 Å². The van der Waals surface area contributed by atoms with Crippen molar-refractivity contribution >= 4 is 36.5 Å². The Hall–Kier alpha value is -2.10. The van der Waals surface area contributed by atoms with Gasteiger partial charge in [-0.2, -0.15) is 0 Å². The molecule has 2 nitrogen and oxygen atoms in total. The molecule has 0 aromatic heterocycles. The quantitative estimate of drug-likeness (QED) is 0.384. The van der Waals surface area contributed by atoms with Crippen LogP contribution in [0.3, 0.4) is 0 Å². The molecule has 0 N–H and O–H groups in total. The normalized spacial score (nSPS) is 18.2. The zero-order chi connectivity index (χ0) is 21.2. The van der Waals surface area contributed by atoms with E-state index in [9.17, 15) is 0 Å². The fraction of sp³-hybridized carbons (Fsp3) is 0.231. The molecule has 0 unspecified atom stereocenters. The summed E-state index contributed by atoms with van der Waals surface area (Å²) in [6, 6.07) is 31.9. The van der Waals surface area contributed by atoms with Gasteiger partial charge >= 0.3 is 187 Å². The summed E-state index contributed by atoms with van der Waals surface area (Å²) in [5.41, 5.74) is 2.71. The van der Waals surface area contributed by atoms with Gasteiger partial charge in [0, 0.05) is 0 Å². The van der Waals surface area contributed by atoms with Gasteiger partial charge in [-0.05, 0) is 0 Å². The number of hydrogen-bond donors (Lipinski definition) is 0. The first kappa shape index (κ1) is 21.1. The molecule has 4 rings (SSSR count). The Morgan fingerprint density at radius 3 is 1.57 bits per heavy atom. The summed E-state index contributed by atoms with van der Waals surface area (Å²) in [7, 11) is -0.418. The van der Waals surface area contributed by atoms with Crippen molar-refractivity contribution < 1.29 is 9.31 Å². The summed E-state index contributed by atoms with van der Waals surface area (Å²) < 4.78 is 15.7. The van der Waals surface area contributed by atoms with Crippen molar-refractivity contribution in [2.24, 2.45) is 0 Å². The average molecular weight is 461 g/mol. The minimum atomic E-state index is -0.418. The van der Waals surface area contributed by atoms with Crippen LogP contribution >= 0.6 is 0 Å². The van der Waals surface area contributed by atoms with Gasteiger partial charge in [0.15, 0.2) is 0 Å². The molecule has 1 heterocycles. The van der Waals surface area contributed by atoms with E-state index < -0.39 is 7.12 Å². The Kier molecular flexibility index (Phi) is 6.04. The fourth-order valence-electron chi connectivity index (χ4n) is 3.42. The Morgan fingerprint density at radius 2 is 1.07 bits per heavy atom. The second-order valence-electron chi connectivity index (χ2n) is 8.48. The van der Waals surface area contributed by atoms with Gasteiger partial charge < -0.3 is 0 Å². The number of rotatable bonds is 5. The van der Waals surface area contributed by atoms with Crippen LogP contribution in [0.4, 0.5) is 0 Å². The van der Waals surface area contributed by atoms with Crippen LogP contribution in [0.25, 0.3) is 9.94 Å². The van der Waals surface area contributed by atoms with Crippen molar-refractivity contribution in [3.05, 3.63) is 102 Å². The molecule has 3 aromatic carbocycles. The molecule has 0 spiro atoms. The van der Waals surface area contributed by atoms with E-state index in [2.05, 4.69) is 119 Å². The molecule has 0 atom stereocenters. The summed E-state index contributed by atoms with van der Waals surface area (Å²) >= 11 is 0.0946. The Labute approximate surface area is 186 Å². The molecule has 0 bridgehead atoms. The average Bonchev–Trinajstić information content (AvgIpc) is 2.96. The topological polar surface area (TPSA) is 18.5 Å². The van der Waals surface area contributed by atoms with Crippen LogP contribution in [0.1, 0.15) is 38.8 Å². The first-order chi connectivity index (χ1) is 14.4. The molecule has 0 aliphatic carbocycles. The van der Waals surface area contributed by atoms with Gasteiger partial charge in [-0.25, -0.2) is 0 Å². The minimum absolute atomic E-state index is 0.0946. The standard InChI is InChI=1S/C26H27BO2Se/c1-25(2)26(3,4)29-27(28-25)23(20-14-8-5-9-15-20)24(21-16-10-6-11-17-21)30-22-18-12-7-13-19-22/h5-19H,1-4H3/b24-23-. The fourth-order valence-corrected chi connectivity index (χ4v) is 5.74. The molecule has 4 heteroatoms. The van der Waals surface area contributed by atoms with Gasteiger partial charge in [0.05, 0.1) is 0 Å². The molecule has 1 fully saturated rings. The Balaban J connectivity index is 1.92. The Bertz CT molecular complexity index is 999. The molecule has 1 saturated heterocycles. The predicted octanol–water partition coefficient (Wildman–Crippen LogP) is 5.22. The summed E-state index contributed by atoms with van der Waals surface area (Å²) in [5.74, 6) is 0. The van der Waals surface area contributed by atoms with E-state index in [-0.39, 0.29) is 26.2 Å². The first-order valence-electron chi connectivity index (χ1n) is 10.3. The van der Waals surface area contributed by atoms with Crippen molar-refractivity contribution in [1.29, 1.82) is 0 Å². The van der Waals surface area contributed by atoms with E-state index >= 15 is 0 Å². The van der Waals surface area contributed by atoms with Crippen molar-refractivity contribution in [2.45, 2.75) is 38.9 Å². The maximum atomic E-state index is 6.55. The first-order valence-corrected chi connectivity index (χ1v) is 12.0. The van der Waals surface area contributed by atoms with E-state index in [4.69, 9.17) is 9.31 Å². The van der Waals surface area contributed by atoms with Crippen LogP contribution in [0.2, 0.25) is 0 Å². The van der Waals surface area contributed by atoms with Crippen molar-refractivity contribution in [3.63, 3.8) is 0 Å². The molecule has 3 aromatic rings. The van der Waals surface area contributed by atoms with Crippen molar-refractivity contribution in [3.8, 4) is 0 Å². The summed E-state index contributed by atoms with van der Waals surface area (Å²) in [4.78, 5) is 0. The maximum absolute atomic E-state index is 6.55. The van der Waals surface area contributed by atoms with E-state index in [0.29, 0.717) is 0 Å². The summed E-state index contributed by atoms with van der Waals surface area (Å²) in [6.45, 7) is 8.45. The second kappa shape index (κ2) is 8.57. The third-order valence-corrected chi connectivity index (χ3v) is 8.27. The predicted molar refractivity (Wildman–Crippen MR) is 128 cm³/mol. The third kappa shape index (κ3) is 4.33. The monoisotopic (exact) mass is 462 g/mol. The molecule has 1 aliphatic heterocycles. The molecule has 30 heavy (non-hydrogen) atoms. The van der Waals surface area contributed by atoms with Gasteiger partial charge in [0.25, 0.3) is 0 Å². The van der Waals surface area contributed by atoms with Crippen LogP contribution in [-0.4, -0.2) is 33.3 Å². The van der Waals surface area contributed by atoms with Gasteiger partial charge in [0.2, 0.25) is 0 Å². The van der Waals surface area contributed by atoms with Gasteiger partial charge in [-0.1, -0.05) is 0 Å². The molecule has 0 radical (unpaired) electrons. The van der Waals surface area contributed by atoms with Crippen LogP contribution in [0.15, 0.2) is 91.0 Å². The van der Waals surface area contributed by atoms with Gasteiger partial charge in [-0.3, -0.25) is 0 Å². The summed E-state index contributed by atoms with van der Waals surface area (Å²) in [5, 5.41) is 0. The van der Waals surface area contributed by atoms with Crippen LogP contribution in [0.5, 0.6) is 0 Å². The zero-order valence-corrected chi connectivity index (χ0v) is 19.7. The molecular formula is C26H27BO2Se. The number of hydrogen-bond acceptors (Lipinski definition) is 2. The molecule has 0 saturated carbocycles. The van der Waals surface area contributed by atoms with Crippen LogP contribution in [-0.2, 0) is 9.31 Å². The SMILES string of the molecule is CC1(C)OB(/C(=C(\[Se]c2ccccc2)c2ccccc2)c2ccccc2)OC1(C)C. The van der Waals surface area contributed by atoms with Crippen LogP contribution in [0, 0.1) is 0 Å². The van der Waals surface area contributed by atoms with Crippen molar-refractivity contribution in [1.82, 2.24) is 0 Å². The van der Waals surface area contributed by atoms with E-state index in [0.717, 1.165) is 11.0 Å². The zero-order valence-electron chi connectivity index (χ0n) is 18.0.